The number of amides is 2. The Balaban J connectivity index is 1.37. The number of carbonyl (C=O) groups is 2. The molecule has 2 aromatic carbocycles. The minimum Gasteiger partial charge on any atom is -0.347 e. The molecule has 5 nitrogen and oxygen atoms in total. The Morgan fingerprint density at radius 1 is 0.929 bits per heavy atom. The molecule has 0 aliphatic carbocycles. The number of hydrogen-bond acceptors (Lipinski definition) is 2. The Morgan fingerprint density at radius 2 is 1.75 bits per heavy atom. The number of aryl methyl sites for hydroxylation is 1. The van der Waals surface area contributed by atoms with Gasteiger partial charge in [0, 0.05) is 49.0 Å². The van der Waals surface area contributed by atoms with E-state index >= 15 is 0 Å². The summed E-state index contributed by atoms with van der Waals surface area (Å²) in [5, 5.41) is 4.10. The highest BCUT2D eigenvalue weighted by Crippen LogP contribution is 2.18. The van der Waals surface area contributed by atoms with Gasteiger partial charge in [0.25, 0.3) is 5.91 Å². The van der Waals surface area contributed by atoms with E-state index in [-0.39, 0.29) is 11.8 Å². The Hall–Kier alpha value is -3.08. The van der Waals surface area contributed by atoms with Crippen molar-refractivity contribution in [2.45, 2.75) is 32.2 Å². The zero-order valence-electron chi connectivity index (χ0n) is 15.9. The van der Waals surface area contributed by atoms with Crippen LogP contribution in [-0.2, 0) is 11.3 Å². The summed E-state index contributed by atoms with van der Waals surface area (Å²) in [6.45, 7) is 2.26. The Labute approximate surface area is 165 Å². The second kappa shape index (κ2) is 8.30. The lowest BCUT2D eigenvalue weighted by Crippen LogP contribution is -2.35. The smallest absolute Gasteiger partial charge is 0.253 e. The van der Waals surface area contributed by atoms with Gasteiger partial charge in [-0.3, -0.25) is 9.59 Å². The predicted octanol–water partition coefficient (Wildman–Crippen LogP) is 4.30. The maximum absolute atomic E-state index is 12.7. The SMILES string of the molecule is O=C(CCn1ccc2ccccc21)Nc1cccc(C(=O)N2CCCCC2)c1. The van der Waals surface area contributed by atoms with E-state index in [0.29, 0.717) is 24.2 Å². The molecule has 0 radical (unpaired) electrons. The molecule has 0 unspecified atom stereocenters. The number of para-hydroxylation sites is 1. The molecule has 2 heterocycles. The standard InChI is InChI=1S/C23H25N3O2/c27-22(12-16-25-15-11-18-7-2-3-10-21(18)25)24-20-9-6-8-19(17-20)23(28)26-13-4-1-5-14-26/h2-3,6-11,15,17H,1,4-5,12-14,16H2,(H,24,27). The molecule has 1 aromatic heterocycles. The second-order valence-electron chi connectivity index (χ2n) is 7.30. The highest BCUT2D eigenvalue weighted by molar-refractivity contribution is 5.97. The average molecular weight is 375 g/mol. The quantitative estimate of drug-likeness (QED) is 0.723. The molecule has 28 heavy (non-hydrogen) atoms. The number of likely N-dealkylation sites (tertiary alicyclic amines) is 1. The molecule has 0 saturated carbocycles. The van der Waals surface area contributed by atoms with Crippen LogP contribution in [0.5, 0.6) is 0 Å². The highest BCUT2D eigenvalue weighted by atomic mass is 16.2. The number of carbonyl (C=O) groups excluding carboxylic acids is 2. The van der Waals surface area contributed by atoms with Crippen LogP contribution >= 0.6 is 0 Å². The zero-order valence-corrected chi connectivity index (χ0v) is 15.9. The van der Waals surface area contributed by atoms with Crippen LogP contribution in [0, 0.1) is 0 Å². The third-order valence-corrected chi connectivity index (χ3v) is 5.30. The lowest BCUT2D eigenvalue weighted by molar-refractivity contribution is -0.116. The van der Waals surface area contributed by atoms with Crippen molar-refractivity contribution in [1.82, 2.24) is 9.47 Å². The van der Waals surface area contributed by atoms with E-state index in [4.69, 9.17) is 0 Å². The van der Waals surface area contributed by atoms with Crippen molar-refractivity contribution >= 4 is 28.4 Å². The molecule has 2 amide bonds. The maximum atomic E-state index is 12.7. The van der Waals surface area contributed by atoms with Crippen molar-refractivity contribution in [2.75, 3.05) is 18.4 Å². The number of hydrogen-bond donors (Lipinski definition) is 1. The van der Waals surface area contributed by atoms with Gasteiger partial charge in [0.15, 0.2) is 0 Å². The van der Waals surface area contributed by atoms with E-state index < -0.39 is 0 Å². The van der Waals surface area contributed by atoms with Crippen molar-refractivity contribution in [3.63, 3.8) is 0 Å². The largest absolute Gasteiger partial charge is 0.347 e. The van der Waals surface area contributed by atoms with Crippen molar-refractivity contribution in [3.05, 3.63) is 66.4 Å². The minimum atomic E-state index is -0.0552. The molecular weight excluding hydrogens is 350 g/mol. The first kappa shape index (κ1) is 18.3. The van der Waals surface area contributed by atoms with Crippen LogP contribution in [0.2, 0.25) is 0 Å². The highest BCUT2D eigenvalue weighted by Gasteiger charge is 2.18. The van der Waals surface area contributed by atoms with E-state index in [1.54, 1.807) is 6.07 Å². The summed E-state index contributed by atoms with van der Waals surface area (Å²) in [6.07, 6.45) is 5.71. The third-order valence-electron chi connectivity index (χ3n) is 5.30. The molecule has 1 aliphatic heterocycles. The fourth-order valence-corrected chi connectivity index (χ4v) is 3.79. The van der Waals surface area contributed by atoms with Gasteiger partial charge in [-0.05, 0) is 55.0 Å². The summed E-state index contributed by atoms with van der Waals surface area (Å²) < 4.78 is 2.09. The van der Waals surface area contributed by atoms with Gasteiger partial charge in [-0.1, -0.05) is 24.3 Å². The number of aromatic nitrogens is 1. The fourth-order valence-electron chi connectivity index (χ4n) is 3.79. The molecule has 0 spiro atoms. The first-order chi connectivity index (χ1) is 13.7. The molecule has 1 N–H and O–H groups in total. The molecule has 1 fully saturated rings. The van der Waals surface area contributed by atoms with Crippen molar-refractivity contribution in [1.29, 1.82) is 0 Å². The van der Waals surface area contributed by atoms with Crippen molar-refractivity contribution < 1.29 is 9.59 Å². The summed E-state index contributed by atoms with van der Waals surface area (Å²) in [6, 6.07) is 17.4. The van der Waals surface area contributed by atoms with Crippen LogP contribution in [0.25, 0.3) is 10.9 Å². The maximum Gasteiger partial charge on any atom is 0.253 e. The number of anilines is 1. The van der Waals surface area contributed by atoms with E-state index in [9.17, 15) is 9.59 Å². The van der Waals surface area contributed by atoms with E-state index in [1.165, 1.54) is 11.8 Å². The summed E-state index contributed by atoms with van der Waals surface area (Å²) >= 11 is 0. The van der Waals surface area contributed by atoms with E-state index in [1.807, 2.05) is 41.4 Å². The number of rotatable bonds is 5. The summed E-state index contributed by atoms with van der Waals surface area (Å²) in [4.78, 5) is 27.0. The average Bonchev–Trinajstić information content (AvgIpc) is 3.16. The number of nitrogens with one attached hydrogen (secondary N) is 1. The van der Waals surface area contributed by atoms with Gasteiger partial charge < -0.3 is 14.8 Å². The van der Waals surface area contributed by atoms with Crippen molar-refractivity contribution in [3.8, 4) is 0 Å². The van der Waals surface area contributed by atoms with Crippen LogP contribution in [0.15, 0.2) is 60.8 Å². The molecule has 0 bridgehead atoms. The summed E-state index contributed by atoms with van der Waals surface area (Å²) in [7, 11) is 0. The Bertz CT molecular complexity index is 986. The molecule has 5 heteroatoms. The topological polar surface area (TPSA) is 54.3 Å². The van der Waals surface area contributed by atoms with Gasteiger partial charge in [0.05, 0.1) is 0 Å². The molecule has 1 aliphatic rings. The first-order valence-corrected chi connectivity index (χ1v) is 9.94. The van der Waals surface area contributed by atoms with Gasteiger partial charge in [-0.15, -0.1) is 0 Å². The number of nitrogens with zero attached hydrogens (tertiary/aromatic N) is 2. The Kier molecular flexibility index (Phi) is 5.42. The van der Waals surface area contributed by atoms with Crippen LogP contribution in [0.3, 0.4) is 0 Å². The van der Waals surface area contributed by atoms with E-state index in [0.717, 1.165) is 31.4 Å². The van der Waals surface area contributed by atoms with Gasteiger partial charge in [0.1, 0.15) is 0 Å². The molecular formula is C23H25N3O2. The van der Waals surface area contributed by atoms with Gasteiger partial charge >= 0.3 is 0 Å². The minimum absolute atomic E-state index is 0.0506. The normalized spacial score (nSPS) is 14.2. The number of benzene rings is 2. The monoisotopic (exact) mass is 375 g/mol. The molecule has 3 aromatic rings. The third kappa shape index (κ3) is 4.09. The van der Waals surface area contributed by atoms with Crippen molar-refractivity contribution in [2.24, 2.45) is 0 Å². The van der Waals surface area contributed by atoms with Gasteiger partial charge in [-0.25, -0.2) is 0 Å². The lowest BCUT2D eigenvalue weighted by atomic mass is 10.1. The van der Waals surface area contributed by atoms with Crippen LogP contribution in [-0.4, -0.2) is 34.4 Å². The molecule has 4 rings (SSSR count). The zero-order chi connectivity index (χ0) is 19.3. The van der Waals surface area contributed by atoms with E-state index in [2.05, 4.69) is 28.1 Å². The van der Waals surface area contributed by atoms with Crippen LogP contribution in [0.1, 0.15) is 36.0 Å². The van der Waals surface area contributed by atoms with Gasteiger partial charge in [0.2, 0.25) is 5.91 Å². The summed E-state index contributed by atoms with van der Waals surface area (Å²) in [5.41, 5.74) is 2.44. The second-order valence-corrected chi connectivity index (χ2v) is 7.30. The van der Waals surface area contributed by atoms with Gasteiger partial charge in [-0.2, -0.15) is 0 Å². The number of fused-ring (bicyclic) bond motifs is 1. The van der Waals surface area contributed by atoms with Crippen LogP contribution < -0.4 is 5.32 Å². The molecule has 1 saturated heterocycles. The number of piperidine rings is 1. The predicted molar refractivity (Wildman–Crippen MR) is 111 cm³/mol. The molecule has 144 valence electrons. The fraction of sp³-hybridized carbons (Fsp3) is 0.304. The summed E-state index contributed by atoms with van der Waals surface area (Å²) in [5.74, 6) is -0.00466. The Morgan fingerprint density at radius 3 is 2.61 bits per heavy atom. The lowest BCUT2D eigenvalue weighted by Gasteiger charge is -2.26. The van der Waals surface area contributed by atoms with Crippen LogP contribution in [0.4, 0.5) is 5.69 Å². The first-order valence-electron chi connectivity index (χ1n) is 9.94. The molecule has 0 atom stereocenters.